The van der Waals surface area contributed by atoms with Crippen LogP contribution in [0.4, 0.5) is 0 Å². The van der Waals surface area contributed by atoms with Crippen LogP contribution < -0.4 is 5.32 Å². The monoisotopic (exact) mass is 244 g/mol. The Balaban J connectivity index is 1.98. The maximum atomic E-state index is 12.2. The fraction of sp³-hybridized carbons (Fsp3) is 0.400. The minimum atomic E-state index is 0.119. The normalized spacial score (nSPS) is 17.2. The summed E-state index contributed by atoms with van der Waals surface area (Å²) in [6.45, 7) is 7.28. The highest BCUT2D eigenvalue weighted by molar-refractivity contribution is 5.77. The van der Waals surface area contributed by atoms with Gasteiger partial charge in [0.25, 0.3) is 0 Å². The predicted molar refractivity (Wildman–Crippen MR) is 73.4 cm³/mol. The summed E-state index contributed by atoms with van der Waals surface area (Å²) >= 11 is 0. The zero-order valence-corrected chi connectivity index (χ0v) is 10.6. The second-order valence-electron chi connectivity index (χ2n) is 4.59. The van der Waals surface area contributed by atoms with Crippen LogP contribution >= 0.6 is 0 Å². The molecule has 2 rings (SSSR count). The number of allylic oxidation sites excluding steroid dienone is 1. The van der Waals surface area contributed by atoms with Gasteiger partial charge in [-0.05, 0) is 5.56 Å². The average Bonchev–Trinajstić information content (AvgIpc) is 2.46. The highest BCUT2D eigenvalue weighted by atomic mass is 16.2. The minimum Gasteiger partial charge on any atom is -0.340 e. The molecule has 1 aliphatic heterocycles. The van der Waals surface area contributed by atoms with Gasteiger partial charge in [0, 0.05) is 38.5 Å². The van der Waals surface area contributed by atoms with E-state index in [1.807, 2.05) is 29.2 Å². The van der Waals surface area contributed by atoms with Gasteiger partial charge in [-0.3, -0.25) is 4.79 Å². The first kappa shape index (κ1) is 12.8. The second-order valence-corrected chi connectivity index (χ2v) is 4.59. The summed E-state index contributed by atoms with van der Waals surface area (Å²) < 4.78 is 0. The Hall–Kier alpha value is -1.61. The number of rotatable bonds is 4. The van der Waals surface area contributed by atoms with E-state index in [2.05, 4.69) is 24.0 Å². The molecule has 0 spiro atoms. The van der Waals surface area contributed by atoms with E-state index in [-0.39, 0.29) is 11.8 Å². The first-order chi connectivity index (χ1) is 8.81. The molecule has 1 heterocycles. The predicted octanol–water partition coefficient (Wildman–Crippen LogP) is 1.78. The number of nitrogens with one attached hydrogen (secondary N) is 1. The van der Waals surface area contributed by atoms with Crippen LogP contribution in [0.15, 0.2) is 43.0 Å². The van der Waals surface area contributed by atoms with Crippen molar-refractivity contribution in [2.45, 2.75) is 12.3 Å². The molecule has 0 saturated carbocycles. The molecule has 3 heteroatoms. The fourth-order valence-corrected chi connectivity index (χ4v) is 2.27. The molecule has 1 aliphatic rings. The van der Waals surface area contributed by atoms with E-state index in [1.54, 1.807) is 0 Å². The van der Waals surface area contributed by atoms with Crippen LogP contribution in [0.3, 0.4) is 0 Å². The summed E-state index contributed by atoms with van der Waals surface area (Å²) in [5.74, 6) is 0.346. The molecular formula is C15H20N2O. The Morgan fingerprint density at radius 3 is 2.61 bits per heavy atom. The van der Waals surface area contributed by atoms with Crippen molar-refractivity contribution in [3.63, 3.8) is 0 Å². The van der Waals surface area contributed by atoms with Crippen LogP contribution in [0.5, 0.6) is 0 Å². The number of amides is 1. The Morgan fingerprint density at radius 1 is 1.33 bits per heavy atom. The number of hydrogen-bond donors (Lipinski definition) is 1. The van der Waals surface area contributed by atoms with Crippen LogP contribution in [0.2, 0.25) is 0 Å². The van der Waals surface area contributed by atoms with Gasteiger partial charge in [-0.1, -0.05) is 36.4 Å². The quantitative estimate of drug-likeness (QED) is 0.819. The van der Waals surface area contributed by atoms with E-state index in [1.165, 1.54) is 0 Å². The lowest BCUT2D eigenvalue weighted by Gasteiger charge is -2.28. The van der Waals surface area contributed by atoms with E-state index < -0.39 is 0 Å². The minimum absolute atomic E-state index is 0.119. The van der Waals surface area contributed by atoms with Gasteiger partial charge in [0.2, 0.25) is 5.91 Å². The summed E-state index contributed by atoms with van der Waals surface area (Å²) in [7, 11) is 0. The van der Waals surface area contributed by atoms with E-state index in [0.29, 0.717) is 6.42 Å². The SMILES string of the molecule is C=CC(CC(=O)N1CCNCC1)c1ccccc1. The number of benzene rings is 1. The molecule has 0 aliphatic carbocycles. The molecule has 1 aromatic rings. The van der Waals surface area contributed by atoms with Crippen molar-refractivity contribution in [1.82, 2.24) is 10.2 Å². The van der Waals surface area contributed by atoms with Crippen molar-refractivity contribution >= 4 is 5.91 Å². The molecular weight excluding hydrogens is 224 g/mol. The number of carbonyl (C=O) groups is 1. The van der Waals surface area contributed by atoms with Crippen LogP contribution in [-0.2, 0) is 4.79 Å². The standard InChI is InChI=1S/C15H20N2O/c1-2-13(14-6-4-3-5-7-14)12-15(18)17-10-8-16-9-11-17/h2-7,13,16H,1,8-12H2. The molecule has 18 heavy (non-hydrogen) atoms. The lowest BCUT2D eigenvalue weighted by Crippen LogP contribution is -2.46. The third-order valence-corrected chi connectivity index (χ3v) is 3.38. The molecule has 1 saturated heterocycles. The van der Waals surface area contributed by atoms with Crippen LogP contribution in [0, 0.1) is 0 Å². The van der Waals surface area contributed by atoms with Gasteiger partial charge >= 0.3 is 0 Å². The van der Waals surface area contributed by atoms with E-state index in [9.17, 15) is 4.79 Å². The molecule has 1 fully saturated rings. The topological polar surface area (TPSA) is 32.3 Å². The van der Waals surface area contributed by atoms with Crippen molar-refractivity contribution in [3.8, 4) is 0 Å². The largest absolute Gasteiger partial charge is 0.340 e. The molecule has 1 atom stereocenters. The summed E-state index contributed by atoms with van der Waals surface area (Å²) in [6.07, 6.45) is 2.39. The molecule has 0 bridgehead atoms. The van der Waals surface area contributed by atoms with Crippen LogP contribution in [0.25, 0.3) is 0 Å². The highest BCUT2D eigenvalue weighted by Crippen LogP contribution is 2.21. The molecule has 1 unspecified atom stereocenters. The zero-order chi connectivity index (χ0) is 12.8. The summed E-state index contributed by atoms with van der Waals surface area (Å²) in [5, 5.41) is 3.25. The molecule has 0 aromatic heterocycles. The first-order valence-electron chi connectivity index (χ1n) is 6.47. The van der Waals surface area contributed by atoms with Gasteiger partial charge in [-0.15, -0.1) is 6.58 Å². The van der Waals surface area contributed by atoms with Gasteiger partial charge in [-0.25, -0.2) is 0 Å². The van der Waals surface area contributed by atoms with Gasteiger partial charge in [0.15, 0.2) is 0 Å². The van der Waals surface area contributed by atoms with Crippen molar-refractivity contribution in [3.05, 3.63) is 48.6 Å². The summed E-state index contributed by atoms with van der Waals surface area (Å²) in [4.78, 5) is 14.1. The average molecular weight is 244 g/mol. The van der Waals surface area contributed by atoms with Crippen molar-refractivity contribution in [2.24, 2.45) is 0 Å². The molecule has 1 amide bonds. The van der Waals surface area contributed by atoms with Crippen LogP contribution in [-0.4, -0.2) is 37.0 Å². The highest BCUT2D eigenvalue weighted by Gasteiger charge is 2.19. The molecule has 1 N–H and O–H groups in total. The Bertz CT molecular complexity index is 396. The maximum absolute atomic E-state index is 12.2. The van der Waals surface area contributed by atoms with Crippen LogP contribution in [0.1, 0.15) is 17.9 Å². The molecule has 96 valence electrons. The lowest BCUT2D eigenvalue weighted by atomic mass is 9.95. The summed E-state index contributed by atoms with van der Waals surface area (Å²) in [6, 6.07) is 10.1. The molecule has 3 nitrogen and oxygen atoms in total. The Kier molecular flexibility index (Phi) is 4.53. The first-order valence-corrected chi connectivity index (χ1v) is 6.47. The number of carbonyl (C=O) groups excluding carboxylic acids is 1. The second kappa shape index (κ2) is 6.36. The van der Waals surface area contributed by atoms with E-state index in [0.717, 1.165) is 31.7 Å². The number of nitrogens with zero attached hydrogens (tertiary/aromatic N) is 1. The molecule has 1 aromatic carbocycles. The van der Waals surface area contributed by atoms with E-state index in [4.69, 9.17) is 0 Å². The third-order valence-electron chi connectivity index (χ3n) is 3.38. The number of piperazine rings is 1. The molecule has 0 radical (unpaired) electrons. The Morgan fingerprint density at radius 2 is 2.00 bits per heavy atom. The van der Waals surface area contributed by atoms with Crippen molar-refractivity contribution in [1.29, 1.82) is 0 Å². The van der Waals surface area contributed by atoms with Crippen molar-refractivity contribution < 1.29 is 4.79 Å². The third kappa shape index (κ3) is 3.20. The number of hydrogen-bond acceptors (Lipinski definition) is 2. The van der Waals surface area contributed by atoms with E-state index >= 15 is 0 Å². The fourth-order valence-electron chi connectivity index (χ4n) is 2.27. The maximum Gasteiger partial charge on any atom is 0.223 e. The summed E-state index contributed by atoms with van der Waals surface area (Å²) in [5.41, 5.74) is 1.16. The Labute approximate surface area is 108 Å². The van der Waals surface area contributed by atoms with Crippen molar-refractivity contribution in [2.75, 3.05) is 26.2 Å². The smallest absolute Gasteiger partial charge is 0.223 e. The lowest BCUT2D eigenvalue weighted by molar-refractivity contribution is -0.131. The zero-order valence-electron chi connectivity index (χ0n) is 10.6. The van der Waals surface area contributed by atoms with Gasteiger partial charge in [0.1, 0.15) is 0 Å². The van der Waals surface area contributed by atoms with Gasteiger partial charge in [0.05, 0.1) is 0 Å². The van der Waals surface area contributed by atoms with Gasteiger partial charge < -0.3 is 10.2 Å². The van der Waals surface area contributed by atoms with Gasteiger partial charge in [-0.2, -0.15) is 0 Å².